The van der Waals surface area contributed by atoms with E-state index in [1.165, 1.54) is 12.8 Å². The Labute approximate surface area is 358 Å². The number of nitrogens with one attached hydrogen (secondary N) is 2. The van der Waals surface area contributed by atoms with Crippen LogP contribution >= 0.6 is 11.6 Å². The Morgan fingerprint density at radius 3 is 2.02 bits per heavy atom. The van der Waals surface area contributed by atoms with Crippen LogP contribution in [0.15, 0.2) is 36.4 Å². The summed E-state index contributed by atoms with van der Waals surface area (Å²) in [6, 6.07) is 11.8. The molecule has 1 atom stereocenters. The number of hydrogen-bond donors (Lipinski definition) is 4. The fourth-order valence-electron chi connectivity index (χ4n) is 10.5. The SMILES string of the molecule is Cc1c(NC(=O)c2nc3c(n2C)CCN(C2CCC(O)CC2)C3)cccc1-c1cccc(NC(=O)c2nc3c(n2C)CCC(CC[C@H]2CC[C@H](C(=O)O)CC2)CCC3)c1Cl. The maximum absolute atomic E-state index is 13.9. The van der Waals surface area contributed by atoms with Crippen molar-refractivity contribution in [3.05, 3.63) is 81.4 Å². The van der Waals surface area contributed by atoms with Crippen molar-refractivity contribution in [3.8, 4) is 11.1 Å². The monoisotopic (exact) mass is 837 g/mol. The van der Waals surface area contributed by atoms with Crippen molar-refractivity contribution in [2.24, 2.45) is 31.8 Å². The van der Waals surface area contributed by atoms with E-state index in [9.17, 15) is 24.6 Å². The van der Waals surface area contributed by atoms with Crippen LogP contribution < -0.4 is 10.6 Å². The summed E-state index contributed by atoms with van der Waals surface area (Å²) in [6.07, 6.45) is 15.2. The van der Waals surface area contributed by atoms with Gasteiger partial charge in [-0.3, -0.25) is 19.3 Å². The molecular formula is C47H60ClN7O5. The Bertz CT molecular complexity index is 2230. The van der Waals surface area contributed by atoms with Gasteiger partial charge in [-0.2, -0.15) is 0 Å². The summed E-state index contributed by atoms with van der Waals surface area (Å²) in [6.45, 7) is 3.58. The summed E-state index contributed by atoms with van der Waals surface area (Å²) in [4.78, 5) is 51.2. The fraction of sp³-hybridized carbons (Fsp3) is 0.553. The van der Waals surface area contributed by atoms with E-state index in [4.69, 9.17) is 21.6 Å². The maximum atomic E-state index is 13.9. The molecule has 3 heterocycles. The lowest BCUT2D eigenvalue weighted by atomic mass is 9.78. The van der Waals surface area contributed by atoms with Crippen molar-refractivity contribution in [1.29, 1.82) is 0 Å². The number of benzene rings is 2. The number of amides is 2. The van der Waals surface area contributed by atoms with Crippen molar-refractivity contribution < 1.29 is 24.6 Å². The zero-order valence-corrected chi connectivity index (χ0v) is 36.1. The highest BCUT2D eigenvalue weighted by atomic mass is 35.5. The van der Waals surface area contributed by atoms with Gasteiger partial charge in [0.1, 0.15) is 0 Å². The molecule has 13 heteroatoms. The number of nitrogens with zero attached hydrogens (tertiary/aromatic N) is 5. The predicted molar refractivity (Wildman–Crippen MR) is 233 cm³/mol. The number of aliphatic carboxylic acids is 1. The molecule has 2 aromatic heterocycles. The van der Waals surface area contributed by atoms with Gasteiger partial charge >= 0.3 is 5.97 Å². The highest BCUT2D eigenvalue weighted by Crippen LogP contribution is 2.39. The second-order valence-corrected chi connectivity index (χ2v) is 18.3. The molecule has 0 bridgehead atoms. The molecule has 0 saturated heterocycles. The fourth-order valence-corrected chi connectivity index (χ4v) is 10.8. The second-order valence-electron chi connectivity index (χ2n) is 17.9. The highest BCUT2D eigenvalue weighted by Gasteiger charge is 2.32. The van der Waals surface area contributed by atoms with E-state index in [0.717, 1.165) is 136 Å². The summed E-state index contributed by atoms with van der Waals surface area (Å²) < 4.78 is 3.87. The van der Waals surface area contributed by atoms with Gasteiger partial charge < -0.3 is 30.0 Å². The number of aryl methyl sites for hydroxylation is 1. The Hall–Kier alpha value is -4.52. The van der Waals surface area contributed by atoms with E-state index in [-0.39, 0.29) is 23.8 Å². The quantitative estimate of drug-likeness (QED) is 0.124. The van der Waals surface area contributed by atoms with Crippen LogP contribution in [-0.4, -0.2) is 70.7 Å². The van der Waals surface area contributed by atoms with Gasteiger partial charge in [0.15, 0.2) is 11.6 Å². The molecule has 12 nitrogen and oxygen atoms in total. The molecule has 320 valence electrons. The topological polar surface area (TPSA) is 155 Å². The minimum absolute atomic E-state index is 0.166. The minimum Gasteiger partial charge on any atom is -0.481 e. The summed E-state index contributed by atoms with van der Waals surface area (Å²) in [5.41, 5.74) is 7.71. The Morgan fingerprint density at radius 2 is 1.33 bits per heavy atom. The predicted octanol–water partition coefficient (Wildman–Crippen LogP) is 8.50. The van der Waals surface area contributed by atoms with E-state index in [1.54, 1.807) is 6.07 Å². The number of imidazole rings is 2. The summed E-state index contributed by atoms with van der Waals surface area (Å²) in [5.74, 6) is 0.603. The van der Waals surface area contributed by atoms with Crippen molar-refractivity contribution in [3.63, 3.8) is 0 Å². The third-order valence-electron chi connectivity index (χ3n) is 14.3. The minimum atomic E-state index is -0.643. The molecule has 4 N–H and O–H groups in total. The Kier molecular flexibility index (Phi) is 12.8. The lowest BCUT2D eigenvalue weighted by molar-refractivity contribution is -0.143. The van der Waals surface area contributed by atoms with Crippen LogP contribution in [0.2, 0.25) is 5.02 Å². The van der Waals surface area contributed by atoms with Crippen molar-refractivity contribution in [1.82, 2.24) is 24.0 Å². The maximum Gasteiger partial charge on any atom is 0.306 e. The van der Waals surface area contributed by atoms with Gasteiger partial charge in [-0.25, -0.2) is 9.97 Å². The summed E-state index contributed by atoms with van der Waals surface area (Å²) >= 11 is 7.08. The molecule has 0 spiro atoms. The molecule has 2 aromatic carbocycles. The van der Waals surface area contributed by atoms with Gasteiger partial charge in [-0.05, 0) is 119 Å². The van der Waals surface area contributed by atoms with Crippen LogP contribution in [-0.2, 0) is 44.7 Å². The number of halogens is 1. The first kappa shape index (κ1) is 42.2. The molecule has 3 aliphatic carbocycles. The third kappa shape index (κ3) is 8.92. The number of fused-ring (bicyclic) bond motifs is 2. The van der Waals surface area contributed by atoms with Crippen molar-refractivity contribution >= 4 is 40.8 Å². The van der Waals surface area contributed by atoms with Gasteiger partial charge in [0, 0.05) is 62.3 Å². The smallest absolute Gasteiger partial charge is 0.306 e. The second kappa shape index (κ2) is 18.2. The number of carbonyl (C=O) groups is 3. The Morgan fingerprint density at radius 1 is 0.733 bits per heavy atom. The van der Waals surface area contributed by atoms with Crippen LogP contribution in [0.3, 0.4) is 0 Å². The van der Waals surface area contributed by atoms with E-state index in [0.29, 0.717) is 52.5 Å². The number of aromatic nitrogens is 4. The van der Waals surface area contributed by atoms with Gasteiger partial charge in [0.05, 0.1) is 34.1 Å². The van der Waals surface area contributed by atoms with Crippen LogP contribution in [0.1, 0.15) is 133 Å². The molecule has 2 saturated carbocycles. The molecule has 8 rings (SSSR count). The largest absolute Gasteiger partial charge is 0.481 e. The number of carboxylic acid groups (broad SMARTS) is 1. The van der Waals surface area contributed by atoms with Crippen molar-refractivity contribution in [2.75, 3.05) is 17.2 Å². The molecule has 60 heavy (non-hydrogen) atoms. The molecule has 2 fully saturated rings. The van der Waals surface area contributed by atoms with Gasteiger partial charge in [0.25, 0.3) is 11.8 Å². The molecule has 1 unspecified atom stereocenters. The van der Waals surface area contributed by atoms with Gasteiger partial charge in [-0.1, -0.05) is 55.1 Å². The van der Waals surface area contributed by atoms with E-state index in [1.807, 2.05) is 60.5 Å². The molecule has 1 aliphatic heterocycles. The van der Waals surface area contributed by atoms with E-state index in [2.05, 4.69) is 15.5 Å². The Balaban J connectivity index is 0.911. The highest BCUT2D eigenvalue weighted by molar-refractivity contribution is 6.36. The molecular weight excluding hydrogens is 778 g/mol. The molecule has 2 amide bonds. The lowest BCUT2D eigenvalue weighted by Gasteiger charge is -2.37. The van der Waals surface area contributed by atoms with E-state index >= 15 is 0 Å². The number of carboxylic acids is 1. The number of aliphatic hydroxyl groups is 1. The lowest BCUT2D eigenvalue weighted by Crippen LogP contribution is -2.42. The number of anilines is 2. The van der Waals surface area contributed by atoms with Crippen LogP contribution in [0.4, 0.5) is 11.4 Å². The number of rotatable bonds is 10. The zero-order chi connectivity index (χ0) is 42.1. The first-order valence-corrected chi connectivity index (χ1v) is 22.6. The van der Waals surface area contributed by atoms with Crippen molar-refractivity contribution in [2.45, 2.75) is 128 Å². The summed E-state index contributed by atoms with van der Waals surface area (Å²) in [7, 11) is 3.84. The van der Waals surface area contributed by atoms with Crippen LogP contribution in [0, 0.1) is 24.7 Å². The average molecular weight is 838 g/mol. The first-order chi connectivity index (χ1) is 28.9. The molecule has 0 radical (unpaired) electrons. The van der Waals surface area contributed by atoms with Crippen LogP contribution in [0.25, 0.3) is 11.1 Å². The molecule has 4 aliphatic rings. The average Bonchev–Trinajstić information content (AvgIpc) is 3.73. The van der Waals surface area contributed by atoms with Crippen LogP contribution in [0.5, 0.6) is 0 Å². The number of carbonyl (C=O) groups excluding carboxylic acids is 2. The number of aliphatic hydroxyl groups excluding tert-OH is 1. The van der Waals surface area contributed by atoms with Gasteiger partial charge in [0.2, 0.25) is 0 Å². The molecule has 4 aromatic rings. The number of hydrogen-bond acceptors (Lipinski definition) is 7. The first-order valence-electron chi connectivity index (χ1n) is 22.2. The zero-order valence-electron chi connectivity index (χ0n) is 35.3. The third-order valence-corrected chi connectivity index (χ3v) is 14.7. The van der Waals surface area contributed by atoms with E-state index < -0.39 is 5.97 Å². The summed E-state index contributed by atoms with van der Waals surface area (Å²) in [5, 5.41) is 25.9. The van der Waals surface area contributed by atoms with Gasteiger partial charge in [-0.15, -0.1) is 0 Å². The normalized spacial score (nSPS) is 23.5. The standard InChI is InChI=1S/C47H60ClN7O5/c1-28-34(8-5-10-36(28)51-45(57)44-50-39-27-55(26-25-41(39)54(44)3)32-20-22-33(56)23-21-32)35-9-6-12-38(42(35)48)52-46(58)43-49-37-11-4-7-29(17-24-40(37)53(43)2)13-14-30-15-18-31(19-16-30)47(59)60/h5-6,8-10,12,29-33,56H,4,7,11,13-27H2,1-3H3,(H,51,57)(H,52,58)(H,59,60)/t29?,30-,31-,32?,33?.